The Morgan fingerprint density at radius 3 is 2.57 bits per heavy atom. The summed E-state index contributed by atoms with van der Waals surface area (Å²) in [5.74, 6) is 0.700. The molecule has 0 aliphatic rings. The Kier molecular flexibility index (Phi) is 4.93. The zero-order chi connectivity index (χ0) is 15.2. The molecule has 0 bridgehead atoms. The van der Waals surface area contributed by atoms with E-state index in [1.807, 2.05) is 56.3 Å². The average molecular weight is 284 g/mol. The molecule has 4 heteroatoms. The molecule has 0 spiro atoms. The highest BCUT2D eigenvalue weighted by Crippen LogP contribution is 2.21. The van der Waals surface area contributed by atoms with Crippen LogP contribution in [0.1, 0.15) is 20.8 Å². The molecule has 0 saturated heterocycles. The highest BCUT2D eigenvalue weighted by molar-refractivity contribution is 5.84. The highest BCUT2D eigenvalue weighted by Gasteiger charge is 2.14. The lowest BCUT2D eigenvalue weighted by atomic mass is 10.1. The lowest BCUT2D eigenvalue weighted by molar-refractivity contribution is -0.127. The molecule has 0 radical (unpaired) electrons. The van der Waals surface area contributed by atoms with Gasteiger partial charge in [-0.05, 0) is 35.7 Å². The summed E-state index contributed by atoms with van der Waals surface area (Å²) in [6.45, 7) is 5.69. The number of amides is 1. The molecule has 2 rings (SSSR count). The maximum atomic E-state index is 11.8. The smallest absolute Gasteiger partial charge is 0.280 e. The number of hydrogen-bond donors (Lipinski definition) is 1. The number of carbonyl (C=O) groups is 1. The molecular formula is C17H20N2O2. The molecular weight excluding hydrogens is 264 g/mol. The molecule has 1 atom stereocenters. The second kappa shape index (κ2) is 6.88. The van der Waals surface area contributed by atoms with Gasteiger partial charge in [0.2, 0.25) is 0 Å². The van der Waals surface area contributed by atoms with Crippen molar-refractivity contribution in [2.45, 2.75) is 26.9 Å². The van der Waals surface area contributed by atoms with E-state index < -0.39 is 6.10 Å². The molecule has 0 fully saturated rings. The lowest BCUT2D eigenvalue weighted by Gasteiger charge is -2.13. The molecule has 2 aromatic rings. The van der Waals surface area contributed by atoms with Crippen molar-refractivity contribution >= 4 is 22.9 Å². The van der Waals surface area contributed by atoms with Crippen molar-refractivity contribution in [2.75, 3.05) is 0 Å². The predicted octanol–water partition coefficient (Wildman–Crippen LogP) is 3.37. The van der Waals surface area contributed by atoms with Gasteiger partial charge in [-0.15, -0.1) is 0 Å². The predicted molar refractivity (Wildman–Crippen MR) is 85.5 cm³/mol. The molecule has 110 valence electrons. The lowest BCUT2D eigenvalue weighted by Crippen LogP contribution is -2.33. The second-order valence-electron chi connectivity index (χ2n) is 5.27. The van der Waals surface area contributed by atoms with Gasteiger partial charge in [-0.1, -0.05) is 44.2 Å². The van der Waals surface area contributed by atoms with E-state index in [1.54, 1.807) is 13.1 Å². The third-order valence-electron chi connectivity index (χ3n) is 2.95. The van der Waals surface area contributed by atoms with Crippen molar-refractivity contribution in [1.82, 2.24) is 5.43 Å². The number of hydrazone groups is 1. The Morgan fingerprint density at radius 2 is 1.86 bits per heavy atom. The van der Waals surface area contributed by atoms with Crippen molar-refractivity contribution in [1.29, 1.82) is 0 Å². The summed E-state index contributed by atoms with van der Waals surface area (Å²) < 4.78 is 5.66. The molecule has 2 aromatic carbocycles. The van der Waals surface area contributed by atoms with Crippen LogP contribution < -0.4 is 10.2 Å². The number of fused-ring (bicyclic) bond motifs is 1. The third-order valence-corrected chi connectivity index (χ3v) is 2.95. The summed E-state index contributed by atoms with van der Waals surface area (Å²) in [5.41, 5.74) is 2.48. The van der Waals surface area contributed by atoms with Crippen LogP contribution in [0.25, 0.3) is 10.8 Å². The summed E-state index contributed by atoms with van der Waals surface area (Å²) in [6.07, 6.45) is 1.08. The zero-order valence-corrected chi connectivity index (χ0v) is 12.5. The SMILES string of the molecule is CC(C)/C=N\NC(=O)[C@@H](C)Oc1ccc2ccccc2c1. The molecule has 0 unspecified atom stereocenters. The van der Waals surface area contributed by atoms with Gasteiger partial charge in [-0.25, -0.2) is 5.43 Å². The molecule has 21 heavy (non-hydrogen) atoms. The summed E-state index contributed by atoms with van der Waals surface area (Å²) in [7, 11) is 0. The molecule has 1 amide bonds. The van der Waals surface area contributed by atoms with E-state index in [-0.39, 0.29) is 5.91 Å². The molecule has 0 saturated carbocycles. The largest absolute Gasteiger partial charge is 0.481 e. The van der Waals surface area contributed by atoms with E-state index in [1.165, 1.54) is 0 Å². The first-order valence-corrected chi connectivity index (χ1v) is 7.05. The third kappa shape index (κ3) is 4.31. The minimum absolute atomic E-state index is 0.264. The van der Waals surface area contributed by atoms with E-state index in [0.29, 0.717) is 11.7 Å². The minimum atomic E-state index is -0.601. The Hall–Kier alpha value is -2.36. The Balaban J connectivity index is 2.00. The summed E-state index contributed by atoms with van der Waals surface area (Å²) in [6, 6.07) is 13.8. The van der Waals surface area contributed by atoms with Gasteiger partial charge in [0, 0.05) is 6.21 Å². The van der Waals surface area contributed by atoms with E-state index in [4.69, 9.17) is 4.74 Å². The van der Waals surface area contributed by atoms with Crippen molar-refractivity contribution < 1.29 is 9.53 Å². The van der Waals surface area contributed by atoms with Crippen molar-refractivity contribution in [3.05, 3.63) is 42.5 Å². The number of nitrogens with zero attached hydrogens (tertiary/aromatic N) is 1. The topological polar surface area (TPSA) is 50.7 Å². The fraction of sp³-hybridized carbons (Fsp3) is 0.294. The Morgan fingerprint density at radius 1 is 1.14 bits per heavy atom. The summed E-state index contributed by atoms with van der Waals surface area (Å²) >= 11 is 0. The zero-order valence-electron chi connectivity index (χ0n) is 12.5. The average Bonchev–Trinajstić information content (AvgIpc) is 2.46. The van der Waals surface area contributed by atoms with Gasteiger partial charge in [-0.3, -0.25) is 4.79 Å². The first-order valence-electron chi connectivity index (χ1n) is 7.05. The number of benzene rings is 2. The molecule has 0 aliphatic carbocycles. The van der Waals surface area contributed by atoms with Crippen molar-refractivity contribution in [3.63, 3.8) is 0 Å². The van der Waals surface area contributed by atoms with Gasteiger partial charge in [0.05, 0.1) is 0 Å². The quantitative estimate of drug-likeness (QED) is 0.676. The molecule has 4 nitrogen and oxygen atoms in total. The Labute approximate surface area is 124 Å². The first-order chi connectivity index (χ1) is 10.1. The van der Waals surface area contributed by atoms with Crippen LogP contribution in [0.15, 0.2) is 47.6 Å². The number of carbonyl (C=O) groups excluding carboxylic acids is 1. The monoisotopic (exact) mass is 284 g/mol. The highest BCUT2D eigenvalue weighted by atomic mass is 16.5. The normalized spacial score (nSPS) is 12.8. The van der Waals surface area contributed by atoms with E-state index in [2.05, 4.69) is 10.5 Å². The standard InChI is InChI=1S/C17H20N2O2/c1-12(2)11-18-19-17(20)13(3)21-16-9-8-14-6-4-5-7-15(14)10-16/h4-13H,1-3H3,(H,19,20)/b18-11-/t13-/m1/s1. The van der Waals surface area contributed by atoms with E-state index in [9.17, 15) is 4.79 Å². The molecule has 0 heterocycles. The van der Waals surface area contributed by atoms with Crippen LogP contribution in [0.4, 0.5) is 0 Å². The van der Waals surface area contributed by atoms with Crippen molar-refractivity contribution in [2.24, 2.45) is 11.0 Å². The van der Waals surface area contributed by atoms with Crippen molar-refractivity contribution in [3.8, 4) is 5.75 Å². The molecule has 0 aliphatic heterocycles. The number of hydrogen-bond acceptors (Lipinski definition) is 3. The van der Waals surface area contributed by atoms with Gasteiger partial charge in [0.25, 0.3) is 5.91 Å². The fourth-order valence-electron chi connectivity index (χ4n) is 1.84. The van der Waals surface area contributed by atoms with E-state index >= 15 is 0 Å². The van der Waals surface area contributed by atoms with Crippen LogP contribution in [0.2, 0.25) is 0 Å². The maximum absolute atomic E-state index is 11.8. The fourth-order valence-corrected chi connectivity index (χ4v) is 1.84. The number of nitrogens with one attached hydrogen (secondary N) is 1. The molecule has 1 N–H and O–H groups in total. The van der Waals surface area contributed by atoms with Crippen LogP contribution in [-0.4, -0.2) is 18.2 Å². The maximum Gasteiger partial charge on any atom is 0.280 e. The number of ether oxygens (including phenoxy) is 1. The number of rotatable bonds is 5. The Bertz CT molecular complexity index is 650. The van der Waals surface area contributed by atoms with E-state index in [0.717, 1.165) is 10.8 Å². The van der Waals surface area contributed by atoms with Crippen LogP contribution in [0.3, 0.4) is 0 Å². The first kappa shape index (κ1) is 15.0. The summed E-state index contributed by atoms with van der Waals surface area (Å²) in [5, 5.41) is 6.10. The van der Waals surface area contributed by atoms with Crippen LogP contribution in [-0.2, 0) is 4.79 Å². The van der Waals surface area contributed by atoms with Gasteiger partial charge >= 0.3 is 0 Å². The van der Waals surface area contributed by atoms with Gasteiger partial charge in [0.1, 0.15) is 5.75 Å². The minimum Gasteiger partial charge on any atom is -0.481 e. The van der Waals surface area contributed by atoms with Crippen LogP contribution in [0.5, 0.6) is 5.75 Å². The summed E-state index contributed by atoms with van der Waals surface area (Å²) in [4.78, 5) is 11.8. The van der Waals surface area contributed by atoms with Crippen LogP contribution in [0, 0.1) is 5.92 Å². The molecule has 0 aromatic heterocycles. The van der Waals surface area contributed by atoms with Gasteiger partial charge in [-0.2, -0.15) is 5.10 Å². The second-order valence-corrected chi connectivity index (χ2v) is 5.27. The van der Waals surface area contributed by atoms with Crippen LogP contribution >= 0.6 is 0 Å². The van der Waals surface area contributed by atoms with Gasteiger partial charge in [0.15, 0.2) is 6.10 Å². The van der Waals surface area contributed by atoms with Gasteiger partial charge < -0.3 is 4.74 Å².